The fourth-order valence-electron chi connectivity index (χ4n) is 2.28. The zero-order valence-electron chi connectivity index (χ0n) is 13.6. The van der Waals surface area contributed by atoms with Gasteiger partial charge in [-0.05, 0) is 47.1 Å². The van der Waals surface area contributed by atoms with Crippen molar-refractivity contribution in [2.45, 2.75) is 4.90 Å². The molecule has 0 radical (unpaired) electrons. The zero-order valence-corrected chi connectivity index (χ0v) is 15.2. The molecular weight excluding hydrogens is 334 g/mol. The van der Waals surface area contributed by atoms with Crippen LogP contribution in [0.25, 0.3) is 0 Å². The van der Waals surface area contributed by atoms with Crippen molar-refractivity contribution < 1.29 is 11.0 Å². The first kappa shape index (κ1) is 19.4. The van der Waals surface area contributed by atoms with E-state index in [4.69, 9.17) is 15.7 Å². The van der Waals surface area contributed by atoms with Gasteiger partial charge >= 0.3 is 0 Å². The van der Waals surface area contributed by atoms with Crippen LogP contribution in [0.5, 0.6) is 0 Å². The van der Waals surface area contributed by atoms with E-state index >= 15 is 0 Å². The second kappa shape index (κ2) is 7.31. The molecule has 0 saturated heterocycles. The van der Waals surface area contributed by atoms with Gasteiger partial charge in [-0.3, -0.25) is 0 Å². The largest absolute Gasteiger partial charge is 0.412 e. The van der Waals surface area contributed by atoms with Gasteiger partial charge in [-0.25, -0.2) is 4.99 Å². The lowest BCUT2D eigenvalue weighted by molar-refractivity contribution is 0.823. The van der Waals surface area contributed by atoms with Crippen LogP contribution in [0.2, 0.25) is 0 Å². The number of anilines is 2. The maximum absolute atomic E-state index is 6.76. The summed E-state index contributed by atoms with van der Waals surface area (Å²) in [4.78, 5) is 10.0. The molecule has 1 aliphatic heterocycles. The van der Waals surface area contributed by atoms with E-state index in [1.54, 1.807) is 0 Å². The average Bonchev–Trinajstić information content (AvgIpc) is 2.46. The first-order valence-corrected chi connectivity index (χ1v) is 8.77. The molecule has 126 valence electrons. The van der Waals surface area contributed by atoms with Gasteiger partial charge in [-0.1, -0.05) is 9.70 Å². The fraction of sp³-hybridized carbons (Fsp3) is 0.250. The summed E-state index contributed by atoms with van der Waals surface area (Å²) in [5.74, 6) is 0. The molecule has 1 aliphatic rings. The Hall–Kier alpha value is -1.60. The molecular formula is C16H22ClN3O2S. The number of halogens is 1. The van der Waals surface area contributed by atoms with Gasteiger partial charge in [-0.15, -0.1) is 0 Å². The highest BCUT2D eigenvalue weighted by Gasteiger charge is 2.13. The Kier molecular flexibility index (Phi) is 6.18. The normalized spacial score (nSPS) is 14.4. The lowest BCUT2D eigenvalue weighted by atomic mass is 10.2. The zero-order chi connectivity index (χ0) is 15.1. The predicted octanol–water partition coefficient (Wildman–Crippen LogP) is 2.17. The number of hydrogen-bond donors (Lipinski definition) is 0. The molecule has 23 heavy (non-hydrogen) atoms. The molecule has 1 unspecified atom stereocenters. The summed E-state index contributed by atoms with van der Waals surface area (Å²) in [6.07, 6.45) is 0. The van der Waals surface area contributed by atoms with E-state index in [1.165, 1.54) is 0 Å². The van der Waals surface area contributed by atoms with Gasteiger partial charge in [0, 0.05) is 49.0 Å². The first-order valence-electron chi connectivity index (χ1n) is 6.72. The number of nitrogens with zero attached hydrogens (tertiary/aromatic N) is 3. The summed E-state index contributed by atoms with van der Waals surface area (Å²) in [7, 11) is 14.4. The molecule has 0 bridgehead atoms. The third-order valence-electron chi connectivity index (χ3n) is 3.55. The molecule has 4 N–H and O–H groups in total. The summed E-state index contributed by atoms with van der Waals surface area (Å²) in [5.41, 5.74) is 3.27. The molecule has 7 heteroatoms. The Morgan fingerprint density at radius 3 is 2.04 bits per heavy atom. The van der Waals surface area contributed by atoms with Crippen LogP contribution in [0.3, 0.4) is 0 Å². The summed E-state index contributed by atoms with van der Waals surface area (Å²) < 4.78 is 1.10. The molecule has 0 aromatic heterocycles. The molecule has 0 fully saturated rings. The summed E-state index contributed by atoms with van der Waals surface area (Å²) in [5, 5.41) is 0.976. The SMILES string of the molecule is CN(C)c1ccc2c(c1)S(Cl)=c1cc(N(C)C)ccc1=N2.O.O. The Balaban J connectivity index is 0.00000132. The molecule has 5 nitrogen and oxygen atoms in total. The molecule has 1 atom stereocenters. The summed E-state index contributed by atoms with van der Waals surface area (Å²) >= 11 is 0. The average molecular weight is 356 g/mol. The quantitative estimate of drug-likeness (QED) is 0.773. The van der Waals surface area contributed by atoms with Crippen molar-refractivity contribution in [3.63, 3.8) is 0 Å². The summed E-state index contributed by atoms with van der Waals surface area (Å²) in [6.45, 7) is 0. The van der Waals surface area contributed by atoms with Crippen molar-refractivity contribution in [2.75, 3.05) is 38.0 Å². The monoisotopic (exact) mass is 355 g/mol. The maximum Gasteiger partial charge on any atom is 0.0781 e. The van der Waals surface area contributed by atoms with Crippen molar-refractivity contribution in [1.29, 1.82) is 0 Å². The molecule has 3 rings (SSSR count). The third-order valence-corrected chi connectivity index (χ3v) is 5.97. The Bertz CT molecular complexity index is 838. The van der Waals surface area contributed by atoms with E-state index in [1.807, 2.05) is 28.2 Å². The third kappa shape index (κ3) is 3.50. The number of fused-ring (bicyclic) bond motifs is 2. The minimum absolute atomic E-state index is 0. The molecule has 0 aliphatic carbocycles. The molecule has 0 amide bonds. The highest BCUT2D eigenvalue weighted by Crippen LogP contribution is 2.44. The fourth-order valence-corrected chi connectivity index (χ4v) is 4.30. The van der Waals surface area contributed by atoms with Crippen LogP contribution in [0, 0.1) is 4.51 Å². The van der Waals surface area contributed by atoms with Crippen molar-refractivity contribution in [3.05, 3.63) is 46.3 Å². The molecule has 1 heterocycles. The number of hydrogen-bond acceptors (Lipinski definition) is 3. The van der Waals surface area contributed by atoms with Crippen LogP contribution in [0.15, 0.2) is 46.3 Å². The molecule has 0 spiro atoms. The Labute approximate surface area is 142 Å². The van der Waals surface area contributed by atoms with Crippen LogP contribution in [0.4, 0.5) is 17.1 Å². The van der Waals surface area contributed by atoms with Gasteiger partial charge in [0.1, 0.15) is 0 Å². The van der Waals surface area contributed by atoms with E-state index in [9.17, 15) is 0 Å². The van der Waals surface area contributed by atoms with Crippen molar-refractivity contribution >= 4 is 37.4 Å². The van der Waals surface area contributed by atoms with Gasteiger partial charge in [-0.2, -0.15) is 0 Å². The molecule has 2 aromatic rings. The number of rotatable bonds is 2. The standard InChI is InChI=1S/C16H18ClN3S.2H2O/c1-19(2)11-5-7-13-15(9-11)21(17)16-10-12(20(3)4)6-8-14(16)18-13;;/h5-10H,1-4H3;2*1H2. The van der Waals surface area contributed by atoms with Crippen LogP contribution >= 0.6 is 20.4 Å². The number of benzene rings is 2. The lowest BCUT2D eigenvalue weighted by Gasteiger charge is -2.18. The first-order chi connectivity index (χ1) is 9.97. The minimum atomic E-state index is -0.469. The van der Waals surface area contributed by atoms with Crippen LogP contribution in [-0.4, -0.2) is 39.1 Å². The maximum atomic E-state index is 6.76. The second-order valence-corrected chi connectivity index (χ2v) is 7.78. The van der Waals surface area contributed by atoms with Crippen molar-refractivity contribution in [3.8, 4) is 0 Å². The van der Waals surface area contributed by atoms with E-state index < -0.39 is 9.70 Å². The van der Waals surface area contributed by atoms with E-state index in [-0.39, 0.29) is 11.0 Å². The van der Waals surface area contributed by atoms with Gasteiger partial charge < -0.3 is 20.8 Å². The Morgan fingerprint density at radius 1 is 0.870 bits per heavy atom. The van der Waals surface area contributed by atoms with Crippen LogP contribution in [0.1, 0.15) is 0 Å². The van der Waals surface area contributed by atoms with Gasteiger partial charge in [0.2, 0.25) is 0 Å². The van der Waals surface area contributed by atoms with Crippen molar-refractivity contribution in [2.24, 2.45) is 4.99 Å². The van der Waals surface area contributed by atoms with Crippen molar-refractivity contribution in [1.82, 2.24) is 0 Å². The van der Waals surface area contributed by atoms with E-state index in [0.29, 0.717) is 0 Å². The smallest absolute Gasteiger partial charge is 0.0781 e. The van der Waals surface area contributed by atoms with Crippen LogP contribution in [-0.2, 0) is 0 Å². The van der Waals surface area contributed by atoms with Crippen LogP contribution < -0.4 is 15.2 Å². The molecule has 0 saturated carbocycles. The van der Waals surface area contributed by atoms with Gasteiger partial charge in [0.15, 0.2) is 0 Å². The lowest BCUT2D eigenvalue weighted by Crippen LogP contribution is -2.13. The Morgan fingerprint density at radius 2 is 1.43 bits per heavy atom. The van der Waals surface area contributed by atoms with Gasteiger partial charge in [0.25, 0.3) is 0 Å². The van der Waals surface area contributed by atoms with E-state index in [2.05, 4.69) is 46.2 Å². The second-order valence-electron chi connectivity index (χ2n) is 5.46. The highest BCUT2D eigenvalue weighted by molar-refractivity contribution is 8.29. The topological polar surface area (TPSA) is 81.8 Å². The van der Waals surface area contributed by atoms with E-state index in [0.717, 1.165) is 31.8 Å². The minimum Gasteiger partial charge on any atom is -0.412 e. The summed E-state index contributed by atoms with van der Waals surface area (Å²) in [6, 6.07) is 12.5. The predicted molar refractivity (Wildman–Crippen MR) is 100 cm³/mol. The highest BCUT2D eigenvalue weighted by atomic mass is 35.7. The van der Waals surface area contributed by atoms with Gasteiger partial charge in [0.05, 0.1) is 11.0 Å². The molecule has 2 aromatic carbocycles.